The molecule has 3 rings (SSSR count). The van der Waals surface area contributed by atoms with Crippen molar-refractivity contribution < 1.29 is 13.2 Å². The molecule has 0 radical (unpaired) electrons. The van der Waals surface area contributed by atoms with Gasteiger partial charge in [-0.05, 0) is 63.5 Å². The minimum absolute atomic E-state index is 0.127. The number of nitrogens with zero attached hydrogens (tertiary/aromatic N) is 1. The maximum Gasteiger partial charge on any atom is 0.214 e. The number of hydrogen-bond acceptors (Lipinski definition) is 4. The maximum absolute atomic E-state index is 11.6. The van der Waals surface area contributed by atoms with Crippen LogP contribution < -0.4 is 5.32 Å². The van der Waals surface area contributed by atoms with Crippen molar-refractivity contribution in [1.82, 2.24) is 9.62 Å². The van der Waals surface area contributed by atoms with Crippen LogP contribution in [-0.2, 0) is 14.8 Å². The van der Waals surface area contributed by atoms with Crippen molar-refractivity contribution >= 4 is 10.0 Å². The Balaban J connectivity index is 1.27. The van der Waals surface area contributed by atoms with Crippen LogP contribution in [0.2, 0.25) is 0 Å². The van der Waals surface area contributed by atoms with Gasteiger partial charge in [-0.1, -0.05) is 0 Å². The van der Waals surface area contributed by atoms with Crippen LogP contribution in [0, 0.1) is 17.8 Å². The van der Waals surface area contributed by atoms with E-state index >= 15 is 0 Å². The van der Waals surface area contributed by atoms with E-state index in [4.69, 9.17) is 4.74 Å². The zero-order chi connectivity index (χ0) is 14.9. The van der Waals surface area contributed by atoms with Crippen LogP contribution in [-0.4, -0.2) is 57.4 Å². The molecule has 3 aliphatic rings. The highest BCUT2D eigenvalue weighted by Crippen LogP contribution is 2.49. The van der Waals surface area contributed by atoms with E-state index in [1.54, 1.807) is 6.92 Å². The smallest absolute Gasteiger partial charge is 0.214 e. The van der Waals surface area contributed by atoms with Gasteiger partial charge in [-0.2, -0.15) is 4.31 Å². The van der Waals surface area contributed by atoms with Crippen molar-refractivity contribution in [3.8, 4) is 0 Å². The van der Waals surface area contributed by atoms with Crippen molar-refractivity contribution in [2.45, 2.75) is 38.7 Å². The van der Waals surface area contributed by atoms with Gasteiger partial charge in [0.2, 0.25) is 10.0 Å². The van der Waals surface area contributed by atoms with E-state index in [9.17, 15) is 8.42 Å². The third-order valence-corrected chi connectivity index (χ3v) is 7.20. The number of piperidine rings is 1. The van der Waals surface area contributed by atoms with Crippen molar-refractivity contribution in [3.05, 3.63) is 0 Å². The molecule has 3 fully saturated rings. The number of nitrogens with one attached hydrogen (secondary N) is 1. The van der Waals surface area contributed by atoms with Crippen LogP contribution >= 0.6 is 0 Å². The molecule has 0 aromatic heterocycles. The van der Waals surface area contributed by atoms with Crippen LogP contribution in [0.3, 0.4) is 0 Å². The monoisotopic (exact) mass is 316 g/mol. The Morgan fingerprint density at radius 1 is 1.24 bits per heavy atom. The maximum atomic E-state index is 11.6. The first-order chi connectivity index (χ1) is 10.1. The van der Waals surface area contributed by atoms with Crippen molar-refractivity contribution in [1.29, 1.82) is 0 Å². The summed E-state index contributed by atoms with van der Waals surface area (Å²) in [4.78, 5) is 0. The van der Waals surface area contributed by atoms with E-state index in [1.807, 2.05) is 0 Å². The molecule has 2 atom stereocenters. The van der Waals surface area contributed by atoms with Gasteiger partial charge in [0.15, 0.2) is 0 Å². The van der Waals surface area contributed by atoms with Gasteiger partial charge >= 0.3 is 0 Å². The van der Waals surface area contributed by atoms with E-state index < -0.39 is 10.0 Å². The average molecular weight is 316 g/mol. The lowest BCUT2D eigenvalue weighted by atomic mass is 9.91. The van der Waals surface area contributed by atoms with Crippen molar-refractivity contribution in [2.75, 3.05) is 38.5 Å². The number of hydrogen-bond donors (Lipinski definition) is 1. The minimum atomic E-state index is -3.00. The molecule has 6 heteroatoms. The summed E-state index contributed by atoms with van der Waals surface area (Å²) in [6.07, 6.45) is 5.35. The fraction of sp³-hybridized carbons (Fsp3) is 1.00. The summed E-state index contributed by atoms with van der Waals surface area (Å²) in [6.45, 7) is 5.98. The second-order valence-electron chi connectivity index (χ2n) is 6.75. The molecular formula is C15H28N2O3S. The van der Waals surface area contributed by atoms with E-state index in [2.05, 4.69) is 5.32 Å². The first-order valence-electron chi connectivity index (χ1n) is 8.40. The second kappa shape index (κ2) is 6.52. The van der Waals surface area contributed by atoms with Crippen LogP contribution in [0.4, 0.5) is 0 Å². The molecule has 2 aliphatic heterocycles. The van der Waals surface area contributed by atoms with Gasteiger partial charge in [0.05, 0.1) is 11.9 Å². The van der Waals surface area contributed by atoms with Gasteiger partial charge in [-0.25, -0.2) is 8.42 Å². The zero-order valence-electron chi connectivity index (χ0n) is 13.0. The topological polar surface area (TPSA) is 58.6 Å². The Hall–Kier alpha value is -0.170. The number of sulfonamides is 1. The summed E-state index contributed by atoms with van der Waals surface area (Å²) in [7, 11) is -3.00. The van der Waals surface area contributed by atoms with Gasteiger partial charge in [0.25, 0.3) is 0 Å². The van der Waals surface area contributed by atoms with Gasteiger partial charge in [-0.3, -0.25) is 0 Å². The van der Waals surface area contributed by atoms with Crippen LogP contribution in [0.25, 0.3) is 0 Å². The highest BCUT2D eigenvalue weighted by molar-refractivity contribution is 7.89. The number of rotatable bonds is 7. The number of ether oxygens (including phenoxy) is 1. The molecule has 1 N–H and O–H groups in total. The minimum Gasteiger partial charge on any atom is -0.375 e. The van der Waals surface area contributed by atoms with E-state index in [1.165, 1.54) is 36.7 Å². The molecule has 0 spiro atoms. The standard InChI is InChI=1S/C15H28N2O3S/c1-2-21(18,19)17-10-14(11-17)20-8-5-13-9-15(13)12-3-6-16-7-4-12/h12-16H,2-11H2,1H3/t13?,15-/m1/s1. The quantitative estimate of drug-likeness (QED) is 0.763. The molecular weight excluding hydrogens is 288 g/mol. The molecule has 1 saturated carbocycles. The SMILES string of the molecule is CCS(=O)(=O)N1CC(OCCC2C[C@@H]2C2CCNCC2)C1. The molecule has 0 bridgehead atoms. The van der Waals surface area contributed by atoms with Gasteiger partial charge < -0.3 is 10.1 Å². The first-order valence-corrected chi connectivity index (χ1v) is 10.0. The Bertz CT molecular complexity index is 442. The molecule has 21 heavy (non-hydrogen) atoms. The summed E-state index contributed by atoms with van der Waals surface area (Å²) < 4.78 is 30.6. The van der Waals surface area contributed by atoms with Crippen LogP contribution in [0.15, 0.2) is 0 Å². The lowest BCUT2D eigenvalue weighted by Crippen LogP contribution is -2.55. The Kier molecular flexibility index (Phi) is 4.88. The van der Waals surface area contributed by atoms with Crippen molar-refractivity contribution in [2.24, 2.45) is 17.8 Å². The highest BCUT2D eigenvalue weighted by atomic mass is 32.2. The summed E-state index contributed by atoms with van der Waals surface area (Å²) >= 11 is 0. The predicted molar refractivity (Wildman–Crippen MR) is 82.6 cm³/mol. The molecule has 0 aromatic rings. The van der Waals surface area contributed by atoms with E-state index in [0.717, 1.165) is 30.8 Å². The molecule has 2 heterocycles. The normalized spacial score (nSPS) is 32.0. The molecule has 1 aliphatic carbocycles. The largest absolute Gasteiger partial charge is 0.375 e. The predicted octanol–water partition coefficient (Wildman–Crippen LogP) is 1.06. The fourth-order valence-electron chi connectivity index (χ4n) is 3.75. The van der Waals surface area contributed by atoms with E-state index in [-0.39, 0.29) is 11.9 Å². The molecule has 0 aromatic carbocycles. The lowest BCUT2D eigenvalue weighted by molar-refractivity contribution is -0.0225. The Morgan fingerprint density at radius 3 is 2.62 bits per heavy atom. The summed E-state index contributed by atoms with van der Waals surface area (Å²) in [5.74, 6) is 2.93. The zero-order valence-corrected chi connectivity index (χ0v) is 13.8. The van der Waals surface area contributed by atoms with Gasteiger partial charge in [-0.15, -0.1) is 0 Å². The molecule has 0 amide bonds. The second-order valence-corrected chi connectivity index (χ2v) is 9.00. The molecule has 2 saturated heterocycles. The first kappa shape index (κ1) is 15.7. The van der Waals surface area contributed by atoms with E-state index in [0.29, 0.717) is 13.1 Å². The van der Waals surface area contributed by atoms with Gasteiger partial charge in [0, 0.05) is 19.7 Å². The average Bonchev–Trinajstić information content (AvgIpc) is 3.21. The molecule has 122 valence electrons. The summed E-state index contributed by atoms with van der Waals surface area (Å²) in [5, 5.41) is 3.43. The Morgan fingerprint density at radius 2 is 1.95 bits per heavy atom. The van der Waals surface area contributed by atoms with Crippen LogP contribution in [0.5, 0.6) is 0 Å². The summed E-state index contributed by atoms with van der Waals surface area (Å²) in [6, 6.07) is 0. The highest BCUT2D eigenvalue weighted by Gasteiger charge is 2.42. The third-order valence-electron chi connectivity index (χ3n) is 5.38. The molecule has 1 unspecified atom stereocenters. The Labute approximate surface area is 128 Å². The fourth-order valence-corrected chi connectivity index (χ4v) is 4.91. The third kappa shape index (κ3) is 3.78. The summed E-state index contributed by atoms with van der Waals surface area (Å²) in [5.41, 5.74) is 0. The van der Waals surface area contributed by atoms with Crippen LogP contribution in [0.1, 0.15) is 32.6 Å². The lowest BCUT2D eigenvalue weighted by Gasteiger charge is -2.37. The van der Waals surface area contributed by atoms with Gasteiger partial charge in [0.1, 0.15) is 0 Å². The molecule has 5 nitrogen and oxygen atoms in total. The van der Waals surface area contributed by atoms with Crippen molar-refractivity contribution in [3.63, 3.8) is 0 Å².